The van der Waals surface area contributed by atoms with Gasteiger partial charge in [-0.05, 0) is 43.3 Å². The van der Waals surface area contributed by atoms with E-state index in [9.17, 15) is 18.8 Å². The van der Waals surface area contributed by atoms with Gasteiger partial charge in [-0.15, -0.1) is 0 Å². The topological polar surface area (TPSA) is 110 Å². The van der Waals surface area contributed by atoms with Crippen LogP contribution in [0.2, 0.25) is 0 Å². The number of esters is 2. The highest BCUT2D eigenvalue weighted by Gasteiger charge is 2.31. The lowest BCUT2D eigenvalue weighted by molar-refractivity contribution is -0.157. The van der Waals surface area contributed by atoms with E-state index in [-0.39, 0.29) is 29.4 Å². The van der Waals surface area contributed by atoms with Crippen LogP contribution in [-0.2, 0) is 14.3 Å². The van der Waals surface area contributed by atoms with Gasteiger partial charge in [0.1, 0.15) is 29.2 Å². The number of pyridine rings is 1. The van der Waals surface area contributed by atoms with E-state index >= 15 is 0 Å². The minimum atomic E-state index is -0.917. The first-order valence-corrected chi connectivity index (χ1v) is 13.9. The molecule has 4 rings (SSSR count). The zero-order valence-corrected chi connectivity index (χ0v) is 24.7. The second kappa shape index (κ2) is 14.8. The maximum atomic E-state index is 14.4. The van der Waals surface area contributed by atoms with Gasteiger partial charge in [0, 0.05) is 37.2 Å². The minimum Gasteiger partial charge on any atom is -0.493 e. The summed E-state index contributed by atoms with van der Waals surface area (Å²) in [6.07, 6.45) is -0.772. The molecule has 44 heavy (non-hydrogen) atoms. The highest BCUT2D eigenvalue weighted by molar-refractivity contribution is 5.99. The Balaban J connectivity index is 1.57. The number of benzene rings is 3. The molecule has 0 fully saturated rings. The Bertz CT molecular complexity index is 1600. The number of carbonyl (C=O) groups excluding carboxylic acids is 3. The van der Waals surface area contributed by atoms with E-state index in [1.54, 1.807) is 55.5 Å². The van der Waals surface area contributed by atoms with Crippen LogP contribution in [0, 0.1) is 11.7 Å². The average Bonchev–Trinajstić information content (AvgIpc) is 3.01. The third-order valence-corrected chi connectivity index (χ3v) is 6.48. The number of Topliss-reactive ketones (excluding diaryl/α,β-unsaturated/α-hetero) is 1. The van der Waals surface area contributed by atoms with Crippen LogP contribution in [0.3, 0.4) is 0 Å². The van der Waals surface area contributed by atoms with E-state index in [4.69, 9.17) is 23.7 Å². The highest BCUT2D eigenvalue weighted by Crippen LogP contribution is 2.36. The van der Waals surface area contributed by atoms with Crippen molar-refractivity contribution >= 4 is 17.7 Å². The van der Waals surface area contributed by atoms with Crippen molar-refractivity contribution in [1.82, 2.24) is 4.98 Å². The van der Waals surface area contributed by atoms with Crippen LogP contribution in [0.1, 0.15) is 49.3 Å². The van der Waals surface area contributed by atoms with Gasteiger partial charge in [0.05, 0.1) is 13.0 Å². The normalized spacial score (nSPS) is 12.8. The summed E-state index contributed by atoms with van der Waals surface area (Å²) in [6, 6.07) is 23.2. The van der Waals surface area contributed by atoms with Crippen molar-refractivity contribution in [3.8, 4) is 28.7 Å². The maximum absolute atomic E-state index is 14.4. The number of methoxy groups -OCH3 is 1. The quantitative estimate of drug-likeness (QED) is 0.119. The summed E-state index contributed by atoms with van der Waals surface area (Å²) in [6.45, 7) is 4.36. The molecule has 1 aromatic heterocycles. The number of nitrogens with zero attached hydrogens (tertiary/aromatic N) is 1. The third kappa shape index (κ3) is 8.19. The molecule has 0 radical (unpaired) electrons. The van der Waals surface area contributed by atoms with Gasteiger partial charge in [-0.2, -0.15) is 0 Å². The van der Waals surface area contributed by atoms with Gasteiger partial charge in [-0.1, -0.05) is 43.3 Å². The highest BCUT2D eigenvalue weighted by atomic mass is 19.1. The molecular weight excluding hydrogens is 569 g/mol. The monoisotopic (exact) mass is 601 g/mol. The lowest BCUT2D eigenvalue weighted by Crippen LogP contribution is -2.30. The fraction of sp³-hybridized carbons (Fsp3) is 0.235. The molecule has 3 aromatic carbocycles. The first-order valence-electron chi connectivity index (χ1n) is 13.9. The van der Waals surface area contributed by atoms with Crippen LogP contribution in [0.15, 0.2) is 91.1 Å². The van der Waals surface area contributed by atoms with Crippen molar-refractivity contribution in [2.45, 2.75) is 39.4 Å². The predicted octanol–water partition coefficient (Wildman–Crippen LogP) is 6.91. The summed E-state index contributed by atoms with van der Waals surface area (Å²) in [5, 5.41) is 0. The SMILES string of the molecule is COc1ccnc(C(=O)C[C@@H](C)C(=O)O[C@@H](C)[C@H](Oc2ccccc2)c2ccc(F)cc2Oc2ccccc2)c1OC(C)=O. The minimum absolute atomic E-state index is 0.125. The number of rotatable bonds is 13. The smallest absolute Gasteiger partial charge is 0.309 e. The van der Waals surface area contributed by atoms with E-state index in [1.807, 2.05) is 12.1 Å². The van der Waals surface area contributed by atoms with Gasteiger partial charge in [0.25, 0.3) is 0 Å². The van der Waals surface area contributed by atoms with E-state index < -0.39 is 41.7 Å². The zero-order chi connectivity index (χ0) is 31.6. The molecule has 10 heteroatoms. The number of ether oxygens (including phenoxy) is 5. The molecule has 0 aliphatic heterocycles. The molecule has 228 valence electrons. The molecule has 1 heterocycles. The van der Waals surface area contributed by atoms with Gasteiger partial charge in [-0.25, -0.2) is 9.37 Å². The van der Waals surface area contributed by atoms with Crippen molar-refractivity contribution in [3.05, 3.63) is 108 Å². The fourth-order valence-corrected chi connectivity index (χ4v) is 4.36. The predicted molar refractivity (Wildman–Crippen MR) is 158 cm³/mol. The first kappa shape index (κ1) is 31.7. The first-order chi connectivity index (χ1) is 21.2. The number of aromatic nitrogens is 1. The number of halogens is 1. The molecule has 0 aliphatic rings. The van der Waals surface area contributed by atoms with E-state index in [2.05, 4.69) is 4.98 Å². The molecule has 3 atom stereocenters. The van der Waals surface area contributed by atoms with Crippen LogP contribution in [0.4, 0.5) is 4.39 Å². The second-order valence-corrected chi connectivity index (χ2v) is 9.90. The lowest BCUT2D eigenvalue weighted by Gasteiger charge is -2.28. The Morgan fingerprint density at radius 2 is 1.52 bits per heavy atom. The number of para-hydroxylation sites is 2. The summed E-state index contributed by atoms with van der Waals surface area (Å²) in [4.78, 5) is 42.1. The van der Waals surface area contributed by atoms with Gasteiger partial charge in [0.2, 0.25) is 5.75 Å². The molecule has 0 bridgehead atoms. The van der Waals surface area contributed by atoms with Crippen LogP contribution in [0.25, 0.3) is 0 Å². The Labute approximate surface area is 254 Å². The molecule has 9 nitrogen and oxygen atoms in total. The van der Waals surface area contributed by atoms with Crippen LogP contribution >= 0.6 is 0 Å². The van der Waals surface area contributed by atoms with Gasteiger partial charge in [0.15, 0.2) is 23.3 Å². The van der Waals surface area contributed by atoms with Crippen molar-refractivity contribution < 1.29 is 42.5 Å². The molecule has 0 aliphatic carbocycles. The standard InChI is InChI=1S/C34H32FNO8/c1-21(19-28(38)31-33(42-23(3)37)29(40-4)17-18-36-31)34(39)41-22(2)32(44-26-13-9-6-10-14-26)27-16-15-24(35)20-30(27)43-25-11-7-5-8-12-25/h5-18,20-22,32H,19H2,1-4H3/t21-,22+,32+/m1/s1. The molecule has 4 aromatic rings. The molecule has 0 saturated heterocycles. The summed E-state index contributed by atoms with van der Waals surface area (Å²) in [7, 11) is 1.36. The van der Waals surface area contributed by atoms with Gasteiger partial charge >= 0.3 is 11.9 Å². The molecule has 0 saturated carbocycles. The molecule has 0 spiro atoms. The Morgan fingerprint density at radius 1 is 0.864 bits per heavy atom. The van der Waals surface area contributed by atoms with Crippen LogP contribution < -0.4 is 18.9 Å². The largest absolute Gasteiger partial charge is 0.493 e. The van der Waals surface area contributed by atoms with Crippen molar-refractivity contribution in [2.75, 3.05) is 7.11 Å². The summed E-state index contributed by atoms with van der Waals surface area (Å²) >= 11 is 0. The number of carbonyl (C=O) groups is 3. The van der Waals surface area contributed by atoms with Crippen LogP contribution in [-0.4, -0.2) is 35.9 Å². The molecule has 0 amide bonds. The van der Waals surface area contributed by atoms with Crippen molar-refractivity contribution in [1.29, 1.82) is 0 Å². The summed E-state index contributed by atoms with van der Waals surface area (Å²) in [5.41, 5.74) is 0.293. The third-order valence-electron chi connectivity index (χ3n) is 6.48. The number of ketones is 1. The Kier molecular flexibility index (Phi) is 10.6. The summed E-state index contributed by atoms with van der Waals surface area (Å²) < 4.78 is 42.9. The van der Waals surface area contributed by atoms with Crippen LogP contribution in [0.5, 0.6) is 28.7 Å². The lowest BCUT2D eigenvalue weighted by atomic mass is 10.0. The van der Waals surface area contributed by atoms with E-state index in [0.717, 1.165) is 0 Å². The van der Waals surface area contributed by atoms with Crippen molar-refractivity contribution in [2.24, 2.45) is 5.92 Å². The molecular formula is C34H32FNO8. The Morgan fingerprint density at radius 3 is 2.16 bits per heavy atom. The van der Waals surface area contributed by atoms with Crippen molar-refractivity contribution in [3.63, 3.8) is 0 Å². The van der Waals surface area contributed by atoms with E-state index in [0.29, 0.717) is 17.1 Å². The maximum Gasteiger partial charge on any atom is 0.309 e. The fourth-order valence-electron chi connectivity index (χ4n) is 4.36. The van der Waals surface area contributed by atoms with Gasteiger partial charge < -0.3 is 23.7 Å². The summed E-state index contributed by atoms with van der Waals surface area (Å²) in [5.74, 6) is -2.14. The Hall–Kier alpha value is -5.25. The number of hydrogen-bond acceptors (Lipinski definition) is 9. The zero-order valence-electron chi connectivity index (χ0n) is 24.7. The molecule has 0 unspecified atom stereocenters. The van der Waals surface area contributed by atoms with Gasteiger partial charge in [-0.3, -0.25) is 14.4 Å². The second-order valence-electron chi connectivity index (χ2n) is 9.90. The van der Waals surface area contributed by atoms with E-state index in [1.165, 1.54) is 51.4 Å². The number of hydrogen-bond donors (Lipinski definition) is 0. The molecule has 0 N–H and O–H groups in total. The average molecular weight is 602 g/mol.